The quantitative estimate of drug-likeness (QED) is 0.166. The summed E-state index contributed by atoms with van der Waals surface area (Å²) in [5.74, 6) is 0.938. The van der Waals surface area contributed by atoms with Crippen molar-refractivity contribution in [2.45, 2.75) is 5.41 Å². The Morgan fingerprint density at radius 3 is 1.68 bits per heavy atom. The Bertz CT molecular complexity index is 4180. The van der Waals surface area contributed by atoms with Crippen LogP contribution >= 0.6 is 22.7 Å². The molecule has 13 aromatic rings. The summed E-state index contributed by atoms with van der Waals surface area (Å²) < 4.78 is 12.2. The monoisotopic (exact) mass is 902 g/mol. The van der Waals surface area contributed by atoms with Gasteiger partial charge in [0.2, 0.25) is 0 Å². The van der Waals surface area contributed by atoms with Gasteiger partial charge in [-0.05, 0) is 125 Å². The van der Waals surface area contributed by atoms with Gasteiger partial charge in [-0.3, -0.25) is 0 Å². The summed E-state index contributed by atoms with van der Waals surface area (Å²) in [4.78, 5) is 4.90. The van der Waals surface area contributed by atoms with E-state index in [1.807, 2.05) is 22.7 Å². The van der Waals surface area contributed by atoms with Crippen molar-refractivity contribution < 1.29 is 4.42 Å². The molecule has 3 aromatic heterocycles. The standard InChI is InChI=1S/C63H38N2OS2/c1-3-16-39(17-4-1)64(41-32-35-59-51(36-41)47-22-10-13-28-57(47)67-59)42-30-33-45-44-20-7-11-25-52(44)63(53(45)37-42)54-38-43(31-34-49(54)61-60(63)50-23-8-12-27-56(50)66-61)65(40-18-5-2-6-19-40)55-26-15-24-48-46-21-9-14-29-58(46)68-62(48)55/h1-38H. The van der Waals surface area contributed by atoms with Crippen molar-refractivity contribution in [3.8, 4) is 22.5 Å². The lowest BCUT2D eigenvalue weighted by molar-refractivity contribution is 0.628. The lowest BCUT2D eigenvalue weighted by Crippen LogP contribution is -2.26. The molecule has 0 N–H and O–H groups in total. The third kappa shape index (κ3) is 5.23. The lowest BCUT2D eigenvalue weighted by Gasteiger charge is -2.33. The summed E-state index contributed by atoms with van der Waals surface area (Å²) in [6, 6.07) is 84.9. The molecule has 0 radical (unpaired) electrons. The first-order chi connectivity index (χ1) is 33.7. The van der Waals surface area contributed by atoms with Crippen LogP contribution in [0.2, 0.25) is 0 Å². The number of benzene rings is 10. The molecule has 1 spiro atoms. The number of nitrogens with zero attached hydrogens (tertiary/aromatic N) is 2. The van der Waals surface area contributed by atoms with Crippen LogP contribution in [0.15, 0.2) is 235 Å². The predicted octanol–water partition coefficient (Wildman–Crippen LogP) is 18.5. The van der Waals surface area contributed by atoms with Crippen LogP contribution in [-0.2, 0) is 5.41 Å². The number of hydrogen-bond donors (Lipinski definition) is 0. The number of furan rings is 1. The zero-order valence-corrected chi connectivity index (χ0v) is 38.2. The maximum Gasteiger partial charge on any atom is 0.140 e. The van der Waals surface area contributed by atoms with Gasteiger partial charge in [0, 0.05) is 80.6 Å². The van der Waals surface area contributed by atoms with Gasteiger partial charge in [-0.2, -0.15) is 0 Å². The fraction of sp³-hybridized carbons (Fsp3) is 0.0159. The molecule has 10 aromatic carbocycles. The van der Waals surface area contributed by atoms with E-state index in [4.69, 9.17) is 4.42 Å². The molecule has 0 amide bonds. The average molecular weight is 903 g/mol. The SMILES string of the molecule is c1ccc(N(c2ccc3c(c2)C2(c4ccccc4-3)c3cc(N(c4ccccc4)c4cccc5c4sc4ccccc45)ccc3-c3oc4ccccc4c32)c2ccc3sc4ccccc4c3c2)cc1. The fourth-order valence-electron chi connectivity index (χ4n) is 11.7. The number of rotatable bonds is 6. The Labute approximate surface area is 400 Å². The Morgan fingerprint density at radius 2 is 0.882 bits per heavy atom. The summed E-state index contributed by atoms with van der Waals surface area (Å²) in [5, 5.41) is 6.26. The van der Waals surface area contributed by atoms with E-state index >= 15 is 0 Å². The highest BCUT2D eigenvalue weighted by Crippen LogP contribution is 2.66. The van der Waals surface area contributed by atoms with Crippen molar-refractivity contribution in [1.82, 2.24) is 0 Å². The maximum absolute atomic E-state index is 7.08. The summed E-state index contributed by atoms with van der Waals surface area (Å²) >= 11 is 3.72. The highest BCUT2D eigenvalue weighted by Gasteiger charge is 2.55. The molecule has 2 aliphatic rings. The first-order valence-corrected chi connectivity index (χ1v) is 24.8. The van der Waals surface area contributed by atoms with Gasteiger partial charge in [0.1, 0.15) is 11.3 Å². The third-order valence-corrected chi connectivity index (χ3v) is 16.8. The van der Waals surface area contributed by atoms with Gasteiger partial charge in [-0.15, -0.1) is 22.7 Å². The molecule has 0 aliphatic heterocycles. The minimum Gasteiger partial charge on any atom is -0.456 e. The van der Waals surface area contributed by atoms with Crippen molar-refractivity contribution in [1.29, 1.82) is 0 Å². The first-order valence-electron chi connectivity index (χ1n) is 23.2. The molecule has 15 rings (SSSR count). The van der Waals surface area contributed by atoms with Gasteiger partial charge in [-0.25, -0.2) is 0 Å². The van der Waals surface area contributed by atoms with E-state index in [1.54, 1.807) is 0 Å². The van der Waals surface area contributed by atoms with Crippen LogP contribution in [0, 0.1) is 0 Å². The highest BCUT2D eigenvalue weighted by atomic mass is 32.1. The molecule has 0 saturated carbocycles. The number of para-hydroxylation sites is 3. The second kappa shape index (κ2) is 14.4. The highest BCUT2D eigenvalue weighted by molar-refractivity contribution is 7.26. The molecule has 1 unspecified atom stereocenters. The van der Waals surface area contributed by atoms with E-state index < -0.39 is 5.41 Å². The molecule has 68 heavy (non-hydrogen) atoms. The minimum atomic E-state index is -0.697. The van der Waals surface area contributed by atoms with Gasteiger partial charge in [0.25, 0.3) is 0 Å². The van der Waals surface area contributed by atoms with E-state index in [2.05, 4.69) is 240 Å². The average Bonchev–Trinajstić information content (AvgIpc) is 4.20. The second-order valence-corrected chi connectivity index (χ2v) is 20.1. The zero-order chi connectivity index (χ0) is 44.5. The molecule has 0 fully saturated rings. The summed E-state index contributed by atoms with van der Waals surface area (Å²) in [5.41, 5.74) is 15.4. The molecule has 1 atom stereocenters. The van der Waals surface area contributed by atoms with Crippen molar-refractivity contribution in [3.63, 3.8) is 0 Å². The Hall–Kier alpha value is -8.22. The van der Waals surface area contributed by atoms with E-state index in [9.17, 15) is 0 Å². The molecular formula is C63H38N2OS2. The second-order valence-electron chi connectivity index (χ2n) is 17.9. The van der Waals surface area contributed by atoms with E-state index in [-0.39, 0.29) is 0 Å². The minimum absolute atomic E-state index is 0.697. The van der Waals surface area contributed by atoms with E-state index in [1.165, 1.54) is 73.7 Å². The maximum atomic E-state index is 7.08. The third-order valence-electron chi connectivity index (χ3n) is 14.4. The molecule has 3 heterocycles. The number of hydrogen-bond acceptors (Lipinski definition) is 5. The molecule has 5 heteroatoms. The van der Waals surface area contributed by atoms with Crippen molar-refractivity contribution in [2.75, 3.05) is 9.80 Å². The molecular weight excluding hydrogens is 865 g/mol. The van der Waals surface area contributed by atoms with Gasteiger partial charge in [0.15, 0.2) is 0 Å². The van der Waals surface area contributed by atoms with Crippen LogP contribution in [0.25, 0.3) is 73.8 Å². The molecule has 0 saturated heterocycles. The predicted molar refractivity (Wildman–Crippen MR) is 288 cm³/mol. The van der Waals surface area contributed by atoms with Gasteiger partial charge in [0.05, 0.1) is 15.8 Å². The van der Waals surface area contributed by atoms with E-state index in [0.717, 1.165) is 56.4 Å². The molecule has 0 bridgehead atoms. The van der Waals surface area contributed by atoms with Gasteiger partial charge in [-0.1, -0.05) is 133 Å². The van der Waals surface area contributed by atoms with Crippen molar-refractivity contribution in [3.05, 3.63) is 253 Å². The smallest absolute Gasteiger partial charge is 0.140 e. The Kier molecular flexibility index (Phi) is 8.03. The van der Waals surface area contributed by atoms with Crippen molar-refractivity contribution in [2.24, 2.45) is 0 Å². The van der Waals surface area contributed by atoms with Crippen molar-refractivity contribution >= 4 is 108 Å². The van der Waals surface area contributed by atoms with Crippen LogP contribution < -0.4 is 9.80 Å². The van der Waals surface area contributed by atoms with Crippen LogP contribution in [0.4, 0.5) is 34.1 Å². The first kappa shape index (κ1) is 37.9. The fourth-order valence-corrected chi connectivity index (χ4v) is 14.0. The summed E-state index contributed by atoms with van der Waals surface area (Å²) in [7, 11) is 0. The Morgan fingerprint density at radius 1 is 0.338 bits per heavy atom. The normalized spacial score (nSPS) is 14.5. The molecule has 3 nitrogen and oxygen atoms in total. The summed E-state index contributed by atoms with van der Waals surface area (Å²) in [6.45, 7) is 0. The lowest BCUT2D eigenvalue weighted by atomic mass is 9.70. The number of fused-ring (bicyclic) bond motifs is 18. The van der Waals surface area contributed by atoms with E-state index in [0.29, 0.717) is 0 Å². The number of thiophene rings is 2. The van der Waals surface area contributed by atoms with Crippen LogP contribution in [-0.4, -0.2) is 0 Å². The van der Waals surface area contributed by atoms with Crippen LogP contribution in [0.1, 0.15) is 22.3 Å². The van der Waals surface area contributed by atoms with Gasteiger partial charge < -0.3 is 14.2 Å². The Balaban J connectivity index is 1.01. The van der Waals surface area contributed by atoms with Gasteiger partial charge >= 0.3 is 0 Å². The zero-order valence-electron chi connectivity index (χ0n) is 36.6. The van der Waals surface area contributed by atoms with Crippen LogP contribution in [0.5, 0.6) is 0 Å². The summed E-state index contributed by atoms with van der Waals surface area (Å²) in [6.07, 6.45) is 0. The molecule has 2 aliphatic carbocycles. The number of anilines is 6. The molecule has 318 valence electrons. The van der Waals surface area contributed by atoms with Crippen LogP contribution in [0.3, 0.4) is 0 Å². The largest absolute Gasteiger partial charge is 0.456 e. The topological polar surface area (TPSA) is 19.6 Å².